The SMILES string of the molecule is Cc1ccc(S(=O)(=O)CC(C)N2CCN(C)CC2)cc1. The second-order valence-corrected chi connectivity index (χ2v) is 7.82. The molecule has 1 aliphatic heterocycles. The van der Waals surface area contributed by atoms with Gasteiger partial charge in [-0.2, -0.15) is 0 Å². The molecule has 0 spiro atoms. The summed E-state index contributed by atoms with van der Waals surface area (Å²) < 4.78 is 24.8. The summed E-state index contributed by atoms with van der Waals surface area (Å²) >= 11 is 0. The number of hydrogen-bond acceptors (Lipinski definition) is 4. The molecule has 20 heavy (non-hydrogen) atoms. The molecule has 0 bridgehead atoms. The zero-order chi connectivity index (χ0) is 14.8. The molecule has 0 aliphatic carbocycles. The molecule has 5 heteroatoms. The van der Waals surface area contributed by atoms with E-state index in [9.17, 15) is 8.42 Å². The van der Waals surface area contributed by atoms with Gasteiger partial charge < -0.3 is 4.90 Å². The van der Waals surface area contributed by atoms with Crippen LogP contribution >= 0.6 is 0 Å². The van der Waals surface area contributed by atoms with E-state index >= 15 is 0 Å². The Balaban J connectivity index is 2.02. The van der Waals surface area contributed by atoms with Gasteiger partial charge in [0.2, 0.25) is 0 Å². The van der Waals surface area contributed by atoms with Gasteiger partial charge in [-0.1, -0.05) is 17.7 Å². The predicted octanol–water partition coefficient (Wildman–Crippen LogP) is 1.40. The number of aryl methyl sites for hydroxylation is 1. The van der Waals surface area contributed by atoms with Gasteiger partial charge in [0.05, 0.1) is 10.6 Å². The van der Waals surface area contributed by atoms with Gasteiger partial charge in [0, 0.05) is 32.2 Å². The highest BCUT2D eigenvalue weighted by Crippen LogP contribution is 2.15. The van der Waals surface area contributed by atoms with E-state index in [1.807, 2.05) is 26.0 Å². The summed E-state index contributed by atoms with van der Waals surface area (Å²) in [6.07, 6.45) is 0. The van der Waals surface area contributed by atoms with Gasteiger partial charge in [0.15, 0.2) is 9.84 Å². The molecule has 1 aromatic carbocycles. The fourth-order valence-electron chi connectivity index (χ4n) is 2.53. The van der Waals surface area contributed by atoms with E-state index in [2.05, 4.69) is 16.8 Å². The number of piperazine rings is 1. The Morgan fingerprint density at radius 1 is 1.10 bits per heavy atom. The van der Waals surface area contributed by atoms with Crippen molar-refractivity contribution >= 4 is 9.84 Å². The van der Waals surface area contributed by atoms with E-state index in [4.69, 9.17) is 0 Å². The van der Waals surface area contributed by atoms with Crippen molar-refractivity contribution in [3.8, 4) is 0 Å². The summed E-state index contributed by atoms with van der Waals surface area (Å²) in [5, 5.41) is 0. The average Bonchev–Trinajstić information content (AvgIpc) is 2.39. The smallest absolute Gasteiger partial charge is 0.179 e. The van der Waals surface area contributed by atoms with Crippen molar-refractivity contribution in [2.45, 2.75) is 24.8 Å². The van der Waals surface area contributed by atoms with Gasteiger partial charge in [-0.15, -0.1) is 0 Å². The fourth-order valence-corrected chi connectivity index (χ4v) is 4.12. The van der Waals surface area contributed by atoms with Crippen molar-refractivity contribution in [2.75, 3.05) is 39.0 Å². The number of likely N-dealkylation sites (N-methyl/N-ethyl adjacent to an activating group) is 1. The lowest BCUT2D eigenvalue weighted by Gasteiger charge is -2.36. The molecule has 1 fully saturated rings. The van der Waals surface area contributed by atoms with E-state index < -0.39 is 9.84 Å². The summed E-state index contributed by atoms with van der Waals surface area (Å²) in [5.74, 6) is 0.194. The lowest BCUT2D eigenvalue weighted by Crippen LogP contribution is -2.49. The Labute approximate surface area is 122 Å². The maximum Gasteiger partial charge on any atom is 0.179 e. The summed E-state index contributed by atoms with van der Waals surface area (Å²) in [6.45, 7) is 7.88. The van der Waals surface area contributed by atoms with Crippen molar-refractivity contribution in [1.29, 1.82) is 0 Å². The Morgan fingerprint density at radius 3 is 2.20 bits per heavy atom. The van der Waals surface area contributed by atoms with Crippen LogP contribution in [0, 0.1) is 6.92 Å². The van der Waals surface area contributed by atoms with E-state index in [1.54, 1.807) is 12.1 Å². The first-order valence-corrected chi connectivity index (χ1v) is 8.76. The number of nitrogens with zero attached hydrogens (tertiary/aromatic N) is 2. The van der Waals surface area contributed by atoms with Crippen molar-refractivity contribution in [3.05, 3.63) is 29.8 Å². The first kappa shape index (κ1) is 15.5. The Bertz CT molecular complexity index is 531. The average molecular weight is 296 g/mol. The van der Waals surface area contributed by atoms with E-state index in [1.165, 1.54) is 0 Å². The van der Waals surface area contributed by atoms with E-state index in [-0.39, 0.29) is 11.8 Å². The molecule has 1 heterocycles. The van der Waals surface area contributed by atoms with Crippen LogP contribution in [0.5, 0.6) is 0 Å². The summed E-state index contributed by atoms with van der Waals surface area (Å²) in [4.78, 5) is 4.98. The molecule has 0 N–H and O–H groups in total. The van der Waals surface area contributed by atoms with Crippen LogP contribution in [-0.4, -0.2) is 63.2 Å². The minimum atomic E-state index is -3.19. The van der Waals surface area contributed by atoms with Crippen molar-refractivity contribution < 1.29 is 8.42 Å². The van der Waals surface area contributed by atoms with Crippen LogP contribution < -0.4 is 0 Å². The third kappa shape index (κ3) is 3.81. The molecular formula is C15H24N2O2S. The van der Waals surface area contributed by atoms with Crippen LogP contribution in [0.15, 0.2) is 29.2 Å². The molecule has 0 aromatic heterocycles. The second-order valence-electron chi connectivity index (χ2n) is 5.78. The zero-order valence-corrected chi connectivity index (χ0v) is 13.4. The summed E-state index contributed by atoms with van der Waals surface area (Å²) in [7, 11) is -1.09. The normalized spacial score (nSPS) is 19.9. The van der Waals surface area contributed by atoms with Crippen LogP contribution in [-0.2, 0) is 9.84 Å². The highest BCUT2D eigenvalue weighted by Gasteiger charge is 2.25. The lowest BCUT2D eigenvalue weighted by molar-refractivity contribution is 0.127. The van der Waals surface area contributed by atoms with Gasteiger partial charge in [0.25, 0.3) is 0 Å². The maximum atomic E-state index is 12.4. The van der Waals surface area contributed by atoms with Crippen molar-refractivity contribution in [2.24, 2.45) is 0 Å². The Hall–Kier alpha value is -0.910. The molecule has 1 unspecified atom stereocenters. The van der Waals surface area contributed by atoms with Gasteiger partial charge in [-0.05, 0) is 33.0 Å². The largest absolute Gasteiger partial charge is 0.304 e. The molecule has 1 atom stereocenters. The molecule has 0 saturated carbocycles. The molecule has 0 radical (unpaired) electrons. The van der Waals surface area contributed by atoms with Gasteiger partial charge in [0.1, 0.15) is 0 Å². The summed E-state index contributed by atoms with van der Waals surface area (Å²) in [5.41, 5.74) is 1.08. The minimum absolute atomic E-state index is 0.0648. The monoisotopic (exact) mass is 296 g/mol. The van der Waals surface area contributed by atoms with E-state index in [0.29, 0.717) is 4.90 Å². The first-order valence-electron chi connectivity index (χ1n) is 7.10. The standard InChI is InChI=1S/C15H24N2O2S/c1-13-4-6-15(7-5-13)20(18,19)12-14(2)17-10-8-16(3)9-11-17/h4-7,14H,8-12H2,1-3H3. The van der Waals surface area contributed by atoms with Crippen LogP contribution in [0.2, 0.25) is 0 Å². The molecular weight excluding hydrogens is 272 g/mol. The van der Waals surface area contributed by atoms with Gasteiger partial charge in [-0.3, -0.25) is 4.90 Å². The van der Waals surface area contributed by atoms with Crippen molar-refractivity contribution in [1.82, 2.24) is 9.80 Å². The topological polar surface area (TPSA) is 40.6 Å². The van der Waals surface area contributed by atoms with Crippen LogP contribution in [0.3, 0.4) is 0 Å². The highest BCUT2D eigenvalue weighted by atomic mass is 32.2. The van der Waals surface area contributed by atoms with Gasteiger partial charge >= 0.3 is 0 Å². The van der Waals surface area contributed by atoms with Gasteiger partial charge in [-0.25, -0.2) is 8.42 Å². The number of benzene rings is 1. The Kier molecular flexibility index (Phi) is 4.83. The minimum Gasteiger partial charge on any atom is -0.304 e. The number of hydrogen-bond donors (Lipinski definition) is 0. The number of rotatable bonds is 4. The fraction of sp³-hybridized carbons (Fsp3) is 0.600. The molecule has 1 aromatic rings. The first-order chi connectivity index (χ1) is 9.38. The van der Waals surface area contributed by atoms with Crippen LogP contribution in [0.25, 0.3) is 0 Å². The molecule has 2 rings (SSSR count). The quantitative estimate of drug-likeness (QED) is 0.842. The Morgan fingerprint density at radius 2 is 1.65 bits per heavy atom. The maximum absolute atomic E-state index is 12.4. The molecule has 112 valence electrons. The molecule has 0 amide bonds. The second kappa shape index (κ2) is 6.24. The molecule has 1 aliphatic rings. The highest BCUT2D eigenvalue weighted by molar-refractivity contribution is 7.91. The summed E-state index contributed by atoms with van der Waals surface area (Å²) in [6, 6.07) is 7.19. The third-order valence-corrected chi connectivity index (χ3v) is 5.91. The third-order valence-electron chi connectivity index (χ3n) is 4.00. The molecule has 1 saturated heterocycles. The number of sulfone groups is 1. The van der Waals surface area contributed by atoms with Crippen LogP contribution in [0.1, 0.15) is 12.5 Å². The molecule has 4 nitrogen and oxygen atoms in total. The zero-order valence-electron chi connectivity index (χ0n) is 12.5. The van der Waals surface area contributed by atoms with Crippen molar-refractivity contribution in [3.63, 3.8) is 0 Å². The van der Waals surface area contributed by atoms with Crippen LogP contribution in [0.4, 0.5) is 0 Å². The predicted molar refractivity (Wildman–Crippen MR) is 81.8 cm³/mol. The van der Waals surface area contributed by atoms with E-state index in [0.717, 1.165) is 31.7 Å². The lowest BCUT2D eigenvalue weighted by atomic mass is 10.2.